The van der Waals surface area contributed by atoms with Gasteiger partial charge in [-0.2, -0.15) is 13.2 Å². The van der Waals surface area contributed by atoms with Gasteiger partial charge in [0.1, 0.15) is 17.0 Å². The maximum atomic E-state index is 13.0. The highest BCUT2D eigenvalue weighted by atomic mass is 19.4. The summed E-state index contributed by atoms with van der Waals surface area (Å²) in [6, 6.07) is 8.99. The monoisotopic (exact) mass is 338 g/mol. The first-order chi connectivity index (χ1) is 11.4. The number of carbonyl (C=O) groups is 1. The zero-order valence-corrected chi connectivity index (χ0v) is 13.1. The van der Waals surface area contributed by atoms with Crippen LogP contribution in [0.5, 0.6) is 0 Å². The minimum absolute atomic E-state index is 0.0570. The highest BCUT2D eigenvalue weighted by molar-refractivity contribution is 6.00. The molecule has 1 aromatic carbocycles. The lowest BCUT2D eigenvalue weighted by atomic mass is 9.96. The lowest BCUT2D eigenvalue weighted by molar-refractivity contribution is -0.184. The Morgan fingerprint density at radius 1 is 1.29 bits per heavy atom. The lowest BCUT2D eigenvalue weighted by Gasteiger charge is -2.33. The van der Waals surface area contributed by atoms with E-state index in [0.717, 1.165) is 0 Å². The maximum Gasteiger partial charge on any atom is 0.393 e. The van der Waals surface area contributed by atoms with Crippen LogP contribution in [0.15, 0.2) is 34.9 Å². The van der Waals surface area contributed by atoms with Gasteiger partial charge in [-0.05, 0) is 19.8 Å². The fraction of sp³-hybridized carbons (Fsp3) is 0.412. The van der Waals surface area contributed by atoms with Crippen molar-refractivity contribution in [2.75, 3.05) is 13.1 Å². The van der Waals surface area contributed by atoms with Crippen LogP contribution in [0.2, 0.25) is 0 Å². The van der Waals surface area contributed by atoms with Crippen LogP contribution in [0.3, 0.4) is 0 Å². The standard InChI is InChI=1S/C17H17F3N2O2/c1-11-14(15(21-24-11)12-6-3-2-4-7-12)16(23)22-9-5-8-13(10-22)17(18,19)20/h2-4,6-7,13H,5,8-10H2,1H3/t13-/m1/s1. The van der Waals surface area contributed by atoms with E-state index in [-0.39, 0.29) is 18.5 Å². The van der Waals surface area contributed by atoms with Gasteiger partial charge in [0.25, 0.3) is 5.91 Å². The van der Waals surface area contributed by atoms with Crippen LogP contribution in [0.25, 0.3) is 11.3 Å². The summed E-state index contributed by atoms with van der Waals surface area (Å²) >= 11 is 0. The molecule has 128 valence electrons. The zero-order chi connectivity index (χ0) is 17.3. The molecule has 1 aliphatic rings. The average Bonchev–Trinajstić information content (AvgIpc) is 2.96. The summed E-state index contributed by atoms with van der Waals surface area (Å²) in [5, 5.41) is 3.92. The van der Waals surface area contributed by atoms with Gasteiger partial charge in [0.15, 0.2) is 0 Å². The number of nitrogens with zero attached hydrogens (tertiary/aromatic N) is 2. The quantitative estimate of drug-likeness (QED) is 0.829. The van der Waals surface area contributed by atoms with Crippen molar-refractivity contribution in [1.82, 2.24) is 10.1 Å². The van der Waals surface area contributed by atoms with Crippen molar-refractivity contribution in [1.29, 1.82) is 0 Å². The second kappa shape index (κ2) is 6.30. The molecule has 2 aromatic rings. The first-order valence-electron chi connectivity index (χ1n) is 7.75. The van der Waals surface area contributed by atoms with Crippen molar-refractivity contribution in [2.24, 2.45) is 5.92 Å². The smallest absolute Gasteiger partial charge is 0.360 e. The van der Waals surface area contributed by atoms with Crippen LogP contribution < -0.4 is 0 Å². The molecule has 24 heavy (non-hydrogen) atoms. The second-order valence-corrected chi connectivity index (χ2v) is 5.96. The Kier molecular flexibility index (Phi) is 4.34. The number of carbonyl (C=O) groups excluding carboxylic acids is 1. The molecule has 0 unspecified atom stereocenters. The molecule has 4 nitrogen and oxygen atoms in total. The summed E-state index contributed by atoms with van der Waals surface area (Å²) in [4.78, 5) is 14.1. The number of hydrogen-bond donors (Lipinski definition) is 0. The predicted molar refractivity (Wildman–Crippen MR) is 81.4 cm³/mol. The number of amides is 1. The van der Waals surface area contributed by atoms with E-state index in [4.69, 9.17) is 4.52 Å². The Hall–Kier alpha value is -2.31. The molecule has 0 saturated carbocycles. The number of halogens is 3. The van der Waals surface area contributed by atoms with Crippen LogP contribution in [0, 0.1) is 12.8 Å². The Labute approximate surface area is 137 Å². The van der Waals surface area contributed by atoms with Crippen molar-refractivity contribution in [3.8, 4) is 11.3 Å². The number of aromatic nitrogens is 1. The molecule has 7 heteroatoms. The number of hydrogen-bond acceptors (Lipinski definition) is 3. The zero-order valence-electron chi connectivity index (χ0n) is 13.1. The largest absolute Gasteiger partial charge is 0.393 e. The van der Waals surface area contributed by atoms with Gasteiger partial charge in [-0.1, -0.05) is 35.5 Å². The van der Waals surface area contributed by atoms with Gasteiger partial charge in [0.2, 0.25) is 0 Å². The molecule has 1 amide bonds. The molecule has 1 saturated heterocycles. The molecule has 3 rings (SSSR count). The number of alkyl halides is 3. The van der Waals surface area contributed by atoms with E-state index >= 15 is 0 Å². The highest BCUT2D eigenvalue weighted by Gasteiger charge is 2.43. The fourth-order valence-electron chi connectivity index (χ4n) is 3.00. The third-order valence-corrected chi connectivity index (χ3v) is 4.30. The lowest BCUT2D eigenvalue weighted by Crippen LogP contribution is -2.44. The van der Waals surface area contributed by atoms with Crippen LogP contribution >= 0.6 is 0 Å². The summed E-state index contributed by atoms with van der Waals surface area (Å²) < 4.78 is 44.1. The highest BCUT2D eigenvalue weighted by Crippen LogP contribution is 2.34. The third-order valence-electron chi connectivity index (χ3n) is 4.30. The fourth-order valence-corrected chi connectivity index (χ4v) is 3.00. The Morgan fingerprint density at radius 2 is 2.00 bits per heavy atom. The molecule has 1 atom stereocenters. The summed E-state index contributed by atoms with van der Waals surface area (Å²) in [6.07, 6.45) is -3.90. The van der Waals surface area contributed by atoms with Gasteiger partial charge in [0.05, 0.1) is 5.92 Å². The van der Waals surface area contributed by atoms with E-state index in [1.807, 2.05) is 6.07 Å². The Bertz CT molecular complexity index is 725. The molecule has 2 heterocycles. The first-order valence-corrected chi connectivity index (χ1v) is 7.75. The van der Waals surface area contributed by atoms with Gasteiger partial charge in [-0.3, -0.25) is 4.79 Å². The molecular weight excluding hydrogens is 321 g/mol. The van der Waals surface area contributed by atoms with Crippen LogP contribution in [-0.2, 0) is 0 Å². The van der Waals surface area contributed by atoms with Gasteiger partial charge in [0, 0.05) is 18.7 Å². The minimum atomic E-state index is -4.29. The number of likely N-dealkylation sites (tertiary alicyclic amines) is 1. The average molecular weight is 338 g/mol. The summed E-state index contributed by atoms with van der Waals surface area (Å²) in [5.41, 5.74) is 1.30. The summed E-state index contributed by atoms with van der Waals surface area (Å²) in [5.74, 6) is -1.62. The predicted octanol–water partition coefficient (Wildman–Crippen LogP) is 4.06. The number of aryl methyl sites for hydroxylation is 1. The van der Waals surface area contributed by atoms with Crippen LogP contribution in [0.4, 0.5) is 13.2 Å². The van der Waals surface area contributed by atoms with E-state index in [1.54, 1.807) is 31.2 Å². The topological polar surface area (TPSA) is 46.3 Å². The molecular formula is C17H17F3N2O2. The van der Waals surface area contributed by atoms with Gasteiger partial charge >= 0.3 is 6.18 Å². The van der Waals surface area contributed by atoms with Crippen LogP contribution in [0.1, 0.15) is 29.0 Å². The molecule has 1 aromatic heterocycles. The molecule has 1 fully saturated rings. The Morgan fingerprint density at radius 3 is 2.67 bits per heavy atom. The van der Waals surface area contributed by atoms with Crippen molar-refractivity contribution in [2.45, 2.75) is 25.9 Å². The van der Waals surface area contributed by atoms with E-state index in [0.29, 0.717) is 30.0 Å². The summed E-state index contributed by atoms with van der Waals surface area (Å²) in [7, 11) is 0. The third kappa shape index (κ3) is 3.16. The number of piperidine rings is 1. The van der Waals surface area contributed by atoms with Crippen molar-refractivity contribution in [3.05, 3.63) is 41.7 Å². The van der Waals surface area contributed by atoms with Crippen molar-refractivity contribution >= 4 is 5.91 Å². The molecule has 0 spiro atoms. The van der Waals surface area contributed by atoms with E-state index < -0.39 is 18.0 Å². The molecule has 1 aliphatic heterocycles. The van der Waals surface area contributed by atoms with Crippen LogP contribution in [-0.4, -0.2) is 35.2 Å². The van der Waals surface area contributed by atoms with E-state index in [1.165, 1.54) is 4.90 Å². The molecule has 0 aliphatic carbocycles. The first kappa shape index (κ1) is 16.5. The number of rotatable bonds is 2. The minimum Gasteiger partial charge on any atom is -0.360 e. The van der Waals surface area contributed by atoms with Gasteiger partial charge in [-0.25, -0.2) is 0 Å². The Balaban J connectivity index is 1.89. The van der Waals surface area contributed by atoms with E-state index in [2.05, 4.69) is 5.16 Å². The molecule has 0 radical (unpaired) electrons. The summed E-state index contributed by atoms with van der Waals surface area (Å²) in [6.45, 7) is 1.59. The van der Waals surface area contributed by atoms with Crippen molar-refractivity contribution < 1.29 is 22.5 Å². The van der Waals surface area contributed by atoms with Gasteiger partial charge in [-0.15, -0.1) is 0 Å². The normalized spacial score (nSPS) is 18.7. The molecule has 0 bridgehead atoms. The second-order valence-electron chi connectivity index (χ2n) is 5.96. The number of benzene rings is 1. The maximum absolute atomic E-state index is 13.0. The molecule has 0 N–H and O–H groups in total. The van der Waals surface area contributed by atoms with E-state index in [9.17, 15) is 18.0 Å². The van der Waals surface area contributed by atoms with Crippen molar-refractivity contribution in [3.63, 3.8) is 0 Å². The SMILES string of the molecule is Cc1onc(-c2ccccc2)c1C(=O)N1CCC[C@@H](C(F)(F)F)C1. The van der Waals surface area contributed by atoms with Gasteiger partial charge < -0.3 is 9.42 Å².